The lowest BCUT2D eigenvalue weighted by Gasteiger charge is -2.22. The van der Waals surface area contributed by atoms with Crippen LogP contribution in [-0.4, -0.2) is 7.11 Å². The van der Waals surface area contributed by atoms with E-state index in [9.17, 15) is 4.39 Å². The van der Waals surface area contributed by atoms with Crippen molar-refractivity contribution in [3.05, 3.63) is 65.0 Å². The van der Waals surface area contributed by atoms with Crippen LogP contribution < -0.4 is 10.1 Å². The molecule has 0 aliphatic heterocycles. The first-order valence-corrected chi connectivity index (χ1v) is 7.17. The van der Waals surface area contributed by atoms with Crippen LogP contribution in [-0.2, 0) is 0 Å². The highest BCUT2D eigenvalue weighted by molar-refractivity contribution is 5.36. The number of halogens is 1. The van der Waals surface area contributed by atoms with Gasteiger partial charge >= 0.3 is 0 Å². The lowest BCUT2D eigenvalue weighted by Crippen LogP contribution is -2.23. The predicted molar refractivity (Wildman–Crippen MR) is 84.1 cm³/mol. The lowest BCUT2D eigenvalue weighted by atomic mass is 10.0. The standard InChI is InChI=1S/C18H22FNO/c1-12-6-5-7-15(10-12)13(2)20-14(3)17-11-16(19)8-9-18(17)21-4/h5-11,13-14,20H,1-4H3. The Kier molecular flexibility index (Phi) is 4.97. The summed E-state index contributed by atoms with van der Waals surface area (Å²) in [4.78, 5) is 0. The number of methoxy groups -OCH3 is 1. The molecule has 2 nitrogen and oxygen atoms in total. The maximum absolute atomic E-state index is 13.5. The van der Waals surface area contributed by atoms with Gasteiger partial charge in [0.15, 0.2) is 0 Å². The zero-order chi connectivity index (χ0) is 15.4. The average Bonchev–Trinajstić information content (AvgIpc) is 2.47. The second-order valence-electron chi connectivity index (χ2n) is 5.41. The number of benzene rings is 2. The Morgan fingerprint density at radius 2 is 1.81 bits per heavy atom. The molecule has 0 bridgehead atoms. The first-order chi connectivity index (χ1) is 10.0. The molecule has 0 aromatic heterocycles. The minimum Gasteiger partial charge on any atom is -0.496 e. The largest absolute Gasteiger partial charge is 0.496 e. The molecule has 2 aromatic carbocycles. The summed E-state index contributed by atoms with van der Waals surface area (Å²) >= 11 is 0. The van der Waals surface area contributed by atoms with E-state index in [0.29, 0.717) is 5.75 Å². The van der Waals surface area contributed by atoms with Gasteiger partial charge in [0.1, 0.15) is 11.6 Å². The van der Waals surface area contributed by atoms with Crippen molar-refractivity contribution < 1.29 is 9.13 Å². The number of rotatable bonds is 5. The molecule has 0 amide bonds. The van der Waals surface area contributed by atoms with Gasteiger partial charge in [-0.25, -0.2) is 4.39 Å². The van der Waals surface area contributed by atoms with Gasteiger partial charge in [0.2, 0.25) is 0 Å². The molecule has 0 fully saturated rings. The first kappa shape index (κ1) is 15.5. The van der Waals surface area contributed by atoms with Gasteiger partial charge in [0.05, 0.1) is 7.11 Å². The summed E-state index contributed by atoms with van der Waals surface area (Å²) in [6, 6.07) is 13.2. The fourth-order valence-corrected chi connectivity index (χ4v) is 2.54. The van der Waals surface area contributed by atoms with E-state index >= 15 is 0 Å². The zero-order valence-corrected chi connectivity index (χ0v) is 13.0. The minimum atomic E-state index is -0.248. The van der Waals surface area contributed by atoms with Crippen LogP contribution in [0.2, 0.25) is 0 Å². The Bertz CT molecular complexity index is 612. The molecule has 2 unspecified atom stereocenters. The maximum atomic E-state index is 13.5. The van der Waals surface area contributed by atoms with Crippen molar-refractivity contribution in [2.24, 2.45) is 0 Å². The molecule has 0 saturated carbocycles. The van der Waals surface area contributed by atoms with Crippen molar-refractivity contribution in [3.8, 4) is 5.75 Å². The highest BCUT2D eigenvalue weighted by Gasteiger charge is 2.15. The molecule has 0 heterocycles. The number of ether oxygens (including phenoxy) is 1. The van der Waals surface area contributed by atoms with Crippen LogP contribution in [0, 0.1) is 12.7 Å². The topological polar surface area (TPSA) is 21.3 Å². The van der Waals surface area contributed by atoms with E-state index in [1.807, 2.05) is 6.92 Å². The van der Waals surface area contributed by atoms with Gasteiger partial charge in [-0.05, 0) is 44.5 Å². The van der Waals surface area contributed by atoms with Crippen molar-refractivity contribution in [1.82, 2.24) is 5.32 Å². The summed E-state index contributed by atoms with van der Waals surface area (Å²) < 4.78 is 18.8. The highest BCUT2D eigenvalue weighted by Crippen LogP contribution is 2.28. The SMILES string of the molecule is COc1ccc(F)cc1C(C)NC(C)c1cccc(C)c1. The normalized spacial score (nSPS) is 13.8. The maximum Gasteiger partial charge on any atom is 0.123 e. The summed E-state index contributed by atoms with van der Waals surface area (Å²) in [6.07, 6.45) is 0. The van der Waals surface area contributed by atoms with E-state index in [1.165, 1.54) is 23.3 Å². The van der Waals surface area contributed by atoms with Crippen LogP contribution in [0.4, 0.5) is 4.39 Å². The number of hydrogen-bond donors (Lipinski definition) is 1. The van der Waals surface area contributed by atoms with E-state index in [1.54, 1.807) is 13.2 Å². The fourth-order valence-electron chi connectivity index (χ4n) is 2.54. The van der Waals surface area contributed by atoms with Gasteiger partial charge in [-0.15, -0.1) is 0 Å². The van der Waals surface area contributed by atoms with Crippen LogP contribution in [0.15, 0.2) is 42.5 Å². The molecule has 2 rings (SSSR count). The molecule has 0 aliphatic carbocycles. The van der Waals surface area contributed by atoms with E-state index in [-0.39, 0.29) is 17.9 Å². The molecule has 0 saturated heterocycles. The van der Waals surface area contributed by atoms with Crippen LogP contribution in [0.3, 0.4) is 0 Å². The number of aryl methyl sites for hydroxylation is 1. The summed E-state index contributed by atoms with van der Waals surface area (Å²) in [5.41, 5.74) is 3.28. The van der Waals surface area contributed by atoms with Gasteiger partial charge in [0.25, 0.3) is 0 Å². The molecule has 0 radical (unpaired) electrons. The molecule has 1 N–H and O–H groups in total. The van der Waals surface area contributed by atoms with Gasteiger partial charge in [-0.3, -0.25) is 0 Å². The first-order valence-electron chi connectivity index (χ1n) is 7.17. The Labute approximate surface area is 126 Å². The summed E-state index contributed by atoms with van der Waals surface area (Å²) in [7, 11) is 1.60. The van der Waals surface area contributed by atoms with E-state index < -0.39 is 0 Å². The Morgan fingerprint density at radius 3 is 2.48 bits per heavy atom. The predicted octanol–water partition coefficient (Wildman–Crippen LogP) is 4.55. The van der Waals surface area contributed by atoms with Gasteiger partial charge in [-0.1, -0.05) is 29.8 Å². The molecule has 0 spiro atoms. The van der Waals surface area contributed by atoms with Crippen LogP contribution in [0.5, 0.6) is 5.75 Å². The summed E-state index contributed by atoms with van der Waals surface area (Å²) in [5, 5.41) is 3.49. The highest BCUT2D eigenvalue weighted by atomic mass is 19.1. The smallest absolute Gasteiger partial charge is 0.123 e. The van der Waals surface area contributed by atoms with E-state index in [0.717, 1.165) is 5.56 Å². The molecule has 2 aromatic rings. The zero-order valence-electron chi connectivity index (χ0n) is 13.0. The fraction of sp³-hybridized carbons (Fsp3) is 0.333. The molecule has 3 heteroatoms. The Hall–Kier alpha value is -1.87. The van der Waals surface area contributed by atoms with Gasteiger partial charge in [0, 0.05) is 17.6 Å². The molecular weight excluding hydrogens is 265 g/mol. The summed E-state index contributed by atoms with van der Waals surface area (Å²) in [5.74, 6) is 0.454. The Balaban J connectivity index is 2.17. The van der Waals surface area contributed by atoms with Crippen molar-refractivity contribution in [2.45, 2.75) is 32.9 Å². The third-order valence-electron chi connectivity index (χ3n) is 3.70. The molecule has 0 aliphatic rings. The molecule has 21 heavy (non-hydrogen) atoms. The van der Waals surface area contributed by atoms with Crippen molar-refractivity contribution in [3.63, 3.8) is 0 Å². The summed E-state index contributed by atoms with van der Waals surface area (Å²) in [6.45, 7) is 6.20. The van der Waals surface area contributed by atoms with Crippen molar-refractivity contribution in [1.29, 1.82) is 0 Å². The third-order valence-corrected chi connectivity index (χ3v) is 3.70. The van der Waals surface area contributed by atoms with Crippen LogP contribution >= 0.6 is 0 Å². The average molecular weight is 287 g/mol. The molecular formula is C18H22FNO. The van der Waals surface area contributed by atoms with E-state index in [4.69, 9.17) is 4.74 Å². The second-order valence-corrected chi connectivity index (χ2v) is 5.41. The quantitative estimate of drug-likeness (QED) is 0.870. The van der Waals surface area contributed by atoms with Crippen LogP contribution in [0.25, 0.3) is 0 Å². The van der Waals surface area contributed by atoms with Gasteiger partial charge < -0.3 is 10.1 Å². The van der Waals surface area contributed by atoms with Crippen molar-refractivity contribution >= 4 is 0 Å². The van der Waals surface area contributed by atoms with Gasteiger partial charge in [-0.2, -0.15) is 0 Å². The van der Waals surface area contributed by atoms with Crippen molar-refractivity contribution in [2.75, 3.05) is 7.11 Å². The number of nitrogens with one attached hydrogen (secondary N) is 1. The second kappa shape index (κ2) is 6.72. The van der Waals surface area contributed by atoms with Crippen LogP contribution in [0.1, 0.15) is 42.6 Å². The third kappa shape index (κ3) is 3.82. The molecule has 112 valence electrons. The lowest BCUT2D eigenvalue weighted by molar-refractivity contribution is 0.395. The minimum absolute atomic E-state index is 0.00818. The van der Waals surface area contributed by atoms with E-state index in [2.05, 4.69) is 43.4 Å². The molecule has 2 atom stereocenters. The number of hydrogen-bond acceptors (Lipinski definition) is 2. The monoisotopic (exact) mass is 287 g/mol. The Morgan fingerprint density at radius 1 is 1.05 bits per heavy atom.